The Morgan fingerprint density at radius 3 is 2.59 bits per heavy atom. The molecule has 27 heavy (non-hydrogen) atoms. The lowest BCUT2D eigenvalue weighted by Gasteiger charge is -2.08. The number of halogens is 1. The second-order valence-electron chi connectivity index (χ2n) is 6.06. The predicted octanol–water partition coefficient (Wildman–Crippen LogP) is 4.10. The topological polar surface area (TPSA) is 66.9 Å². The van der Waals surface area contributed by atoms with E-state index in [2.05, 4.69) is 32.7 Å². The van der Waals surface area contributed by atoms with Crippen LogP contribution in [-0.4, -0.2) is 22.4 Å². The van der Waals surface area contributed by atoms with Crippen LogP contribution in [0.2, 0.25) is 5.02 Å². The number of nitrogens with one attached hydrogen (secondary N) is 2. The Morgan fingerprint density at radius 2 is 1.78 bits per heavy atom. The molecule has 0 bridgehead atoms. The molecular weight excluding hydrogens is 360 g/mol. The second kappa shape index (κ2) is 9.69. The summed E-state index contributed by atoms with van der Waals surface area (Å²) in [6, 6.07) is 19.4. The molecule has 0 saturated heterocycles. The predicted molar refractivity (Wildman–Crippen MR) is 108 cm³/mol. The lowest BCUT2D eigenvalue weighted by atomic mass is 10.1. The standard InChI is InChI=1S/C21H21ClN4O/c22-18-11-5-4-10-17(18)15-25-21-24-14-12-19(26-21)20(27)23-13-6-9-16-7-2-1-3-8-16/h1-5,7-8,10-12,14H,6,9,13,15H2,(H,23,27)(H,24,25,26). The van der Waals surface area contributed by atoms with Crippen molar-refractivity contribution in [2.45, 2.75) is 19.4 Å². The third-order valence-electron chi connectivity index (χ3n) is 4.05. The molecule has 2 N–H and O–H groups in total. The molecule has 5 nitrogen and oxygen atoms in total. The fraction of sp³-hybridized carbons (Fsp3) is 0.190. The summed E-state index contributed by atoms with van der Waals surface area (Å²) in [5.74, 6) is 0.193. The zero-order valence-electron chi connectivity index (χ0n) is 14.9. The van der Waals surface area contributed by atoms with Crippen LogP contribution in [0.1, 0.15) is 28.0 Å². The van der Waals surface area contributed by atoms with Crippen molar-refractivity contribution < 1.29 is 4.79 Å². The number of hydrogen-bond donors (Lipinski definition) is 2. The van der Waals surface area contributed by atoms with Gasteiger partial charge in [0.2, 0.25) is 5.95 Å². The van der Waals surface area contributed by atoms with E-state index in [1.54, 1.807) is 12.3 Å². The molecule has 0 aliphatic rings. The van der Waals surface area contributed by atoms with E-state index in [1.165, 1.54) is 5.56 Å². The van der Waals surface area contributed by atoms with Crippen molar-refractivity contribution in [1.29, 1.82) is 0 Å². The fourth-order valence-corrected chi connectivity index (χ4v) is 2.82. The molecule has 0 aliphatic heterocycles. The molecule has 0 spiro atoms. The van der Waals surface area contributed by atoms with E-state index < -0.39 is 0 Å². The van der Waals surface area contributed by atoms with Crippen LogP contribution < -0.4 is 10.6 Å². The summed E-state index contributed by atoms with van der Waals surface area (Å²) in [7, 11) is 0. The molecule has 6 heteroatoms. The molecule has 1 heterocycles. The Hall–Kier alpha value is -2.92. The van der Waals surface area contributed by atoms with Gasteiger partial charge in [0.1, 0.15) is 5.69 Å². The van der Waals surface area contributed by atoms with E-state index in [1.807, 2.05) is 42.5 Å². The number of carbonyl (C=O) groups excluding carboxylic acids is 1. The molecule has 0 aliphatic carbocycles. The van der Waals surface area contributed by atoms with Crippen LogP contribution in [0.4, 0.5) is 5.95 Å². The van der Waals surface area contributed by atoms with Gasteiger partial charge in [0.05, 0.1) is 0 Å². The molecule has 3 rings (SSSR count). The van der Waals surface area contributed by atoms with Crippen LogP contribution in [0.5, 0.6) is 0 Å². The highest BCUT2D eigenvalue weighted by molar-refractivity contribution is 6.31. The fourth-order valence-electron chi connectivity index (χ4n) is 2.62. The summed E-state index contributed by atoms with van der Waals surface area (Å²) >= 11 is 6.14. The van der Waals surface area contributed by atoms with E-state index in [0.29, 0.717) is 29.8 Å². The number of carbonyl (C=O) groups is 1. The maximum absolute atomic E-state index is 12.3. The zero-order valence-corrected chi connectivity index (χ0v) is 15.6. The first-order chi connectivity index (χ1) is 13.2. The van der Waals surface area contributed by atoms with Crippen LogP contribution >= 0.6 is 11.6 Å². The quantitative estimate of drug-likeness (QED) is 0.577. The van der Waals surface area contributed by atoms with Gasteiger partial charge in [-0.15, -0.1) is 0 Å². The van der Waals surface area contributed by atoms with Gasteiger partial charge in [-0.05, 0) is 36.1 Å². The van der Waals surface area contributed by atoms with Gasteiger partial charge in [-0.2, -0.15) is 0 Å². The lowest BCUT2D eigenvalue weighted by molar-refractivity contribution is 0.0948. The van der Waals surface area contributed by atoms with Crippen molar-refractivity contribution in [3.63, 3.8) is 0 Å². The summed E-state index contributed by atoms with van der Waals surface area (Å²) in [5.41, 5.74) is 2.55. The van der Waals surface area contributed by atoms with Gasteiger partial charge in [-0.1, -0.05) is 60.1 Å². The monoisotopic (exact) mass is 380 g/mol. The van der Waals surface area contributed by atoms with Crippen molar-refractivity contribution in [1.82, 2.24) is 15.3 Å². The number of rotatable bonds is 8. The Labute approximate surface area is 163 Å². The van der Waals surface area contributed by atoms with Gasteiger partial charge in [-0.3, -0.25) is 4.79 Å². The Balaban J connectivity index is 1.49. The molecule has 0 unspecified atom stereocenters. The van der Waals surface area contributed by atoms with E-state index in [0.717, 1.165) is 18.4 Å². The average Bonchev–Trinajstić information content (AvgIpc) is 2.71. The molecule has 0 radical (unpaired) electrons. The van der Waals surface area contributed by atoms with Crippen LogP contribution in [0, 0.1) is 0 Å². The molecular formula is C21H21ClN4O. The molecule has 138 valence electrons. The van der Waals surface area contributed by atoms with Crippen molar-refractivity contribution in [3.8, 4) is 0 Å². The van der Waals surface area contributed by atoms with Crippen LogP contribution in [0.15, 0.2) is 66.9 Å². The molecule has 3 aromatic rings. The minimum absolute atomic E-state index is 0.203. The van der Waals surface area contributed by atoms with Gasteiger partial charge in [0.15, 0.2) is 0 Å². The number of anilines is 1. The molecule has 0 atom stereocenters. The maximum Gasteiger partial charge on any atom is 0.270 e. The van der Waals surface area contributed by atoms with Crippen molar-refractivity contribution in [2.24, 2.45) is 0 Å². The summed E-state index contributed by atoms with van der Waals surface area (Å²) in [4.78, 5) is 20.7. The highest BCUT2D eigenvalue weighted by Crippen LogP contribution is 2.15. The first kappa shape index (κ1) is 18.9. The van der Waals surface area contributed by atoms with Gasteiger partial charge < -0.3 is 10.6 Å². The largest absolute Gasteiger partial charge is 0.351 e. The SMILES string of the molecule is O=C(NCCCc1ccccc1)c1ccnc(NCc2ccccc2Cl)n1. The van der Waals surface area contributed by atoms with E-state index in [9.17, 15) is 4.79 Å². The highest BCUT2D eigenvalue weighted by Gasteiger charge is 2.08. The first-order valence-electron chi connectivity index (χ1n) is 8.85. The molecule has 1 aromatic heterocycles. The maximum atomic E-state index is 12.3. The minimum Gasteiger partial charge on any atom is -0.351 e. The summed E-state index contributed by atoms with van der Waals surface area (Å²) in [5, 5.41) is 6.68. The van der Waals surface area contributed by atoms with Gasteiger partial charge in [-0.25, -0.2) is 9.97 Å². The van der Waals surface area contributed by atoms with E-state index in [4.69, 9.17) is 11.6 Å². The van der Waals surface area contributed by atoms with Crippen LogP contribution in [0.3, 0.4) is 0 Å². The number of hydrogen-bond acceptors (Lipinski definition) is 4. The van der Waals surface area contributed by atoms with Crippen molar-refractivity contribution in [3.05, 3.63) is 88.7 Å². The van der Waals surface area contributed by atoms with Crippen LogP contribution in [0.25, 0.3) is 0 Å². The smallest absolute Gasteiger partial charge is 0.270 e. The van der Waals surface area contributed by atoms with E-state index >= 15 is 0 Å². The van der Waals surface area contributed by atoms with Crippen LogP contribution in [-0.2, 0) is 13.0 Å². The molecule has 2 aromatic carbocycles. The Morgan fingerprint density at radius 1 is 1.00 bits per heavy atom. The molecule has 0 saturated carbocycles. The average molecular weight is 381 g/mol. The minimum atomic E-state index is -0.203. The molecule has 0 fully saturated rings. The van der Waals surface area contributed by atoms with Gasteiger partial charge in [0.25, 0.3) is 5.91 Å². The van der Waals surface area contributed by atoms with Gasteiger partial charge in [0, 0.05) is 24.3 Å². The summed E-state index contributed by atoms with van der Waals surface area (Å²) in [6.45, 7) is 1.09. The molecule has 1 amide bonds. The normalized spacial score (nSPS) is 10.4. The van der Waals surface area contributed by atoms with Crippen molar-refractivity contribution in [2.75, 3.05) is 11.9 Å². The Bertz CT molecular complexity index is 886. The number of benzene rings is 2. The highest BCUT2D eigenvalue weighted by atomic mass is 35.5. The second-order valence-corrected chi connectivity index (χ2v) is 6.46. The number of amides is 1. The summed E-state index contributed by atoms with van der Waals surface area (Å²) < 4.78 is 0. The van der Waals surface area contributed by atoms with Gasteiger partial charge >= 0.3 is 0 Å². The number of aromatic nitrogens is 2. The summed E-state index contributed by atoms with van der Waals surface area (Å²) in [6.07, 6.45) is 3.37. The Kier molecular flexibility index (Phi) is 6.77. The van der Waals surface area contributed by atoms with Crippen molar-refractivity contribution >= 4 is 23.5 Å². The zero-order chi connectivity index (χ0) is 18.9. The third-order valence-corrected chi connectivity index (χ3v) is 4.42. The first-order valence-corrected chi connectivity index (χ1v) is 9.22. The lowest BCUT2D eigenvalue weighted by Crippen LogP contribution is -2.26. The number of aryl methyl sites for hydroxylation is 1. The third kappa shape index (κ3) is 5.79. The number of nitrogens with zero attached hydrogens (tertiary/aromatic N) is 2. The van der Waals surface area contributed by atoms with E-state index in [-0.39, 0.29) is 5.91 Å².